The molecule has 4 N–H and O–H groups in total. The lowest BCUT2D eigenvalue weighted by atomic mass is 10.1. The highest BCUT2D eigenvalue weighted by Gasteiger charge is 2.42. The van der Waals surface area contributed by atoms with Crippen LogP contribution in [-0.4, -0.2) is 55.2 Å². The maximum atomic E-state index is 10.0. The van der Waals surface area contributed by atoms with E-state index in [1.165, 1.54) is 0 Å². The summed E-state index contributed by atoms with van der Waals surface area (Å²) < 4.78 is 2.46. The van der Waals surface area contributed by atoms with Crippen LogP contribution in [0.25, 0.3) is 5.69 Å². The van der Waals surface area contributed by atoms with Crippen LogP contribution in [0.2, 0.25) is 0 Å². The number of benzene rings is 1. The van der Waals surface area contributed by atoms with Crippen LogP contribution in [0, 0.1) is 0 Å². The van der Waals surface area contributed by atoms with E-state index < -0.39 is 24.3 Å². The third-order valence-electron chi connectivity index (χ3n) is 3.62. The first kappa shape index (κ1) is 14.6. The Hall–Kier alpha value is -1.32. The molecule has 1 fully saturated rings. The zero-order valence-corrected chi connectivity index (χ0v) is 12.6. The molecule has 0 spiro atoms. The summed E-state index contributed by atoms with van der Waals surface area (Å²) in [5.74, 6) is 0. The minimum Gasteiger partial charge on any atom is -0.395 e. The minimum absolute atomic E-state index is 0.257. The second-order valence-electron chi connectivity index (χ2n) is 4.95. The summed E-state index contributed by atoms with van der Waals surface area (Å²) in [6, 6.07) is 6.43. The average Bonchev–Trinajstić information content (AvgIpc) is 3.06. The van der Waals surface area contributed by atoms with E-state index in [1.54, 1.807) is 10.9 Å². The van der Waals surface area contributed by atoms with Crippen LogP contribution < -0.4 is 5.32 Å². The van der Waals surface area contributed by atoms with Crippen molar-refractivity contribution in [2.75, 3.05) is 6.61 Å². The Labute approximate surface area is 129 Å². The summed E-state index contributed by atoms with van der Waals surface area (Å²) in [6.45, 7) is -0.257. The number of nitrogens with one attached hydrogen (secondary N) is 1. The van der Waals surface area contributed by atoms with Gasteiger partial charge in [-0.15, -0.1) is 5.10 Å². The molecule has 1 aromatic carbocycles. The molecule has 0 unspecified atom stereocenters. The van der Waals surface area contributed by atoms with Crippen LogP contribution in [0.1, 0.15) is 11.7 Å². The van der Waals surface area contributed by atoms with Crippen LogP contribution >= 0.6 is 15.9 Å². The second kappa shape index (κ2) is 5.82. The highest BCUT2D eigenvalue weighted by atomic mass is 79.9. The van der Waals surface area contributed by atoms with E-state index in [0.717, 1.165) is 10.2 Å². The highest BCUT2D eigenvalue weighted by molar-refractivity contribution is 9.10. The summed E-state index contributed by atoms with van der Waals surface area (Å²) in [5.41, 5.74) is 1.33. The number of aliphatic hydroxyl groups is 3. The number of aromatic nitrogens is 3. The molecule has 2 heterocycles. The molecule has 21 heavy (non-hydrogen) atoms. The quantitative estimate of drug-likeness (QED) is 0.606. The Kier molecular flexibility index (Phi) is 4.05. The molecular formula is C13H15BrN4O3. The molecule has 112 valence electrons. The maximum Gasteiger partial charge on any atom is 0.103 e. The van der Waals surface area contributed by atoms with E-state index in [-0.39, 0.29) is 6.61 Å². The fourth-order valence-electron chi connectivity index (χ4n) is 2.46. The standard InChI is InChI=1S/C13H15BrN4O3/c14-7-3-1-2-4-10(7)18-5-8(16-17-18)11-13(21)12(20)9(6-19)15-11/h1-5,9,11-13,15,19-21H,6H2/t9-,11-,12-,13-/m1/s1. The zero-order chi connectivity index (χ0) is 15.0. The summed E-state index contributed by atoms with van der Waals surface area (Å²) in [5, 5.41) is 40.1. The molecule has 2 aromatic rings. The van der Waals surface area contributed by atoms with Gasteiger partial charge in [0.05, 0.1) is 36.7 Å². The van der Waals surface area contributed by atoms with Gasteiger partial charge in [0.15, 0.2) is 0 Å². The molecule has 3 rings (SSSR count). The number of aliphatic hydroxyl groups excluding tert-OH is 3. The minimum atomic E-state index is -1.04. The Balaban J connectivity index is 1.88. The van der Waals surface area contributed by atoms with Gasteiger partial charge in [0.1, 0.15) is 11.8 Å². The fraction of sp³-hybridized carbons (Fsp3) is 0.385. The van der Waals surface area contributed by atoms with Crippen LogP contribution in [-0.2, 0) is 0 Å². The Bertz CT molecular complexity index is 635. The van der Waals surface area contributed by atoms with Gasteiger partial charge in [0, 0.05) is 4.47 Å². The van der Waals surface area contributed by atoms with Crippen molar-refractivity contribution >= 4 is 15.9 Å². The van der Waals surface area contributed by atoms with Crippen LogP contribution in [0.4, 0.5) is 0 Å². The van der Waals surface area contributed by atoms with Crippen molar-refractivity contribution in [3.63, 3.8) is 0 Å². The predicted molar refractivity (Wildman–Crippen MR) is 77.8 cm³/mol. The first-order chi connectivity index (χ1) is 10.1. The lowest BCUT2D eigenvalue weighted by Gasteiger charge is -2.12. The number of para-hydroxylation sites is 1. The third-order valence-corrected chi connectivity index (χ3v) is 4.29. The van der Waals surface area contributed by atoms with E-state index in [1.807, 2.05) is 24.3 Å². The van der Waals surface area contributed by atoms with Gasteiger partial charge in [-0.25, -0.2) is 4.68 Å². The van der Waals surface area contributed by atoms with Crippen molar-refractivity contribution in [1.29, 1.82) is 0 Å². The molecule has 1 aromatic heterocycles. The molecular weight excluding hydrogens is 340 g/mol. The molecule has 0 bridgehead atoms. The molecule has 0 radical (unpaired) electrons. The molecule has 4 atom stereocenters. The van der Waals surface area contributed by atoms with Crippen molar-refractivity contribution in [3.05, 3.63) is 40.6 Å². The Morgan fingerprint density at radius 2 is 2.00 bits per heavy atom. The van der Waals surface area contributed by atoms with Gasteiger partial charge in [-0.1, -0.05) is 17.3 Å². The van der Waals surface area contributed by atoms with E-state index >= 15 is 0 Å². The van der Waals surface area contributed by atoms with E-state index in [0.29, 0.717) is 5.69 Å². The number of hydrogen-bond acceptors (Lipinski definition) is 6. The number of rotatable bonds is 3. The normalized spacial score (nSPS) is 29.0. The zero-order valence-electron chi connectivity index (χ0n) is 11.0. The average molecular weight is 355 g/mol. The topological polar surface area (TPSA) is 103 Å². The van der Waals surface area contributed by atoms with Gasteiger partial charge >= 0.3 is 0 Å². The maximum absolute atomic E-state index is 10.0. The Morgan fingerprint density at radius 3 is 2.67 bits per heavy atom. The van der Waals surface area contributed by atoms with Gasteiger partial charge in [0.2, 0.25) is 0 Å². The summed E-state index contributed by atoms with van der Waals surface area (Å²) in [4.78, 5) is 0. The molecule has 1 aliphatic heterocycles. The van der Waals surface area contributed by atoms with Crippen molar-refractivity contribution < 1.29 is 15.3 Å². The van der Waals surface area contributed by atoms with Crippen molar-refractivity contribution in [2.45, 2.75) is 24.3 Å². The lowest BCUT2D eigenvalue weighted by Crippen LogP contribution is -2.35. The fourth-order valence-corrected chi connectivity index (χ4v) is 2.92. The number of halogens is 1. The first-order valence-corrected chi connectivity index (χ1v) is 7.31. The van der Waals surface area contributed by atoms with Gasteiger partial charge < -0.3 is 15.3 Å². The molecule has 7 nitrogen and oxygen atoms in total. The summed E-state index contributed by atoms with van der Waals surface area (Å²) >= 11 is 3.44. The lowest BCUT2D eigenvalue weighted by molar-refractivity contribution is 0.0190. The first-order valence-electron chi connectivity index (χ1n) is 6.52. The second-order valence-corrected chi connectivity index (χ2v) is 5.81. The SMILES string of the molecule is OC[C@H]1N[C@H](c2cn(-c3ccccc3Br)nn2)[C@@H](O)[C@@H]1O. The van der Waals surface area contributed by atoms with E-state index in [9.17, 15) is 10.2 Å². The number of hydrogen-bond donors (Lipinski definition) is 4. The largest absolute Gasteiger partial charge is 0.395 e. The predicted octanol–water partition coefficient (Wildman–Crippen LogP) is -0.243. The summed E-state index contributed by atoms with van der Waals surface area (Å²) in [6.07, 6.45) is -0.381. The smallest absolute Gasteiger partial charge is 0.103 e. The number of nitrogens with zero attached hydrogens (tertiary/aromatic N) is 3. The monoisotopic (exact) mass is 354 g/mol. The van der Waals surface area contributed by atoms with Crippen molar-refractivity contribution in [3.8, 4) is 5.69 Å². The summed E-state index contributed by atoms with van der Waals surface area (Å²) in [7, 11) is 0. The molecule has 8 heteroatoms. The van der Waals surface area contributed by atoms with Crippen molar-refractivity contribution in [2.24, 2.45) is 0 Å². The Morgan fingerprint density at radius 1 is 1.24 bits per heavy atom. The van der Waals surface area contributed by atoms with Crippen molar-refractivity contribution in [1.82, 2.24) is 20.3 Å². The van der Waals surface area contributed by atoms with Gasteiger partial charge in [-0.3, -0.25) is 5.32 Å². The van der Waals surface area contributed by atoms with E-state index in [4.69, 9.17) is 5.11 Å². The molecule has 1 aliphatic rings. The van der Waals surface area contributed by atoms with E-state index in [2.05, 4.69) is 31.6 Å². The molecule has 0 saturated carbocycles. The molecule has 1 saturated heterocycles. The van der Waals surface area contributed by atoms with Gasteiger partial charge in [0.25, 0.3) is 0 Å². The van der Waals surface area contributed by atoms with Gasteiger partial charge in [-0.2, -0.15) is 0 Å². The third kappa shape index (κ3) is 2.60. The molecule has 0 aliphatic carbocycles. The van der Waals surface area contributed by atoms with Gasteiger partial charge in [-0.05, 0) is 28.1 Å². The highest BCUT2D eigenvalue weighted by Crippen LogP contribution is 2.27. The molecule has 0 amide bonds. The van der Waals surface area contributed by atoms with Crippen LogP contribution in [0.3, 0.4) is 0 Å². The van der Waals surface area contributed by atoms with Crippen LogP contribution in [0.5, 0.6) is 0 Å². The van der Waals surface area contributed by atoms with Crippen LogP contribution in [0.15, 0.2) is 34.9 Å².